The summed E-state index contributed by atoms with van der Waals surface area (Å²) in [4.78, 5) is 15.1. The second-order valence-electron chi connectivity index (χ2n) is 6.38. The van der Waals surface area contributed by atoms with Gasteiger partial charge in [0, 0.05) is 24.8 Å². The SMILES string of the molecule is CC(C)N(CC1CC1)C(=O)C1CCNc2ccccc21. The van der Waals surface area contributed by atoms with E-state index >= 15 is 0 Å². The third kappa shape index (κ3) is 2.67. The molecular formula is C17H24N2O. The average molecular weight is 272 g/mol. The molecule has 0 bridgehead atoms. The molecule has 1 fully saturated rings. The molecule has 1 N–H and O–H groups in total. The monoisotopic (exact) mass is 272 g/mol. The van der Waals surface area contributed by atoms with E-state index < -0.39 is 0 Å². The van der Waals surface area contributed by atoms with Gasteiger partial charge in [-0.05, 0) is 50.7 Å². The maximum atomic E-state index is 13.0. The van der Waals surface area contributed by atoms with Crippen molar-refractivity contribution in [2.24, 2.45) is 5.92 Å². The molecule has 1 aliphatic heterocycles. The van der Waals surface area contributed by atoms with Gasteiger partial charge in [0.1, 0.15) is 0 Å². The zero-order valence-electron chi connectivity index (χ0n) is 12.4. The molecular weight excluding hydrogens is 248 g/mol. The van der Waals surface area contributed by atoms with Crippen molar-refractivity contribution in [1.82, 2.24) is 4.90 Å². The number of rotatable bonds is 4. The zero-order chi connectivity index (χ0) is 14.1. The quantitative estimate of drug-likeness (QED) is 0.912. The van der Waals surface area contributed by atoms with Crippen LogP contribution in [0, 0.1) is 5.92 Å². The fourth-order valence-corrected chi connectivity index (χ4v) is 3.06. The molecule has 3 rings (SSSR count). The summed E-state index contributed by atoms with van der Waals surface area (Å²) in [6.07, 6.45) is 3.49. The van der Waals surface area contributed by atoms with Gasteiger partial charge in [-0.3, -0.25) is 4.79 Å². The molecule has 0 spiro atoms. The lowest BCUT2D eigenvalue weighted by atomic mass is 9.89. The highest BCUT2D eigenvalue weighted by molar-refractivity contribution is 5.86. The Bertz CT molecular complexity index is 494. The molecule has 20 heavy (non-hydrogen) atoms. The third-order valence-corrected chi connectivity index (χ3v) is 4.44. The van der Waals surface area contributed by atoms with Crippen LogP contribution < -0.4 is 5.32 Å². The predicted octanol–water partition coefficient (Wildman–Crippen LogP) is 3.23. The van der Waals surface area contributed by atoms with E-state index in [1.807, 2.05) is 12.1 Å². The number of benzene rings is 1. The Balaban J connectivity index is 1.82. The number of nitrogens with zero attached hydrogens (tertiary/aromatic N) is 1. The number of para-hydroxylation sites is 1. The third-order valence-electron chi connectivity index (χ3n) is 4.44. The summed E-state index contributed by atoms with van der Waals surface area (Å²) in [6, 6.07) is 8.54. The molecule has 108 valence electrons. The van der Waals surface area contributed by atoms with Crippen LogP contribution in [0.5, 0.6) is 0 Å². The standard InChI is InChI=1S/C17H24N2O/c1-12(2)19(11-13-7-8-13)17(20)15-9-10-18-16-6-4-3-5-14(15)16/h3-6,12-13,15,18H,7-11H2,1-2H3. The van der Waals surface area contributed by atoms with Crippen molar-refractivity contribution < 1.29 is 4.79 Å². The first kappa shape index (κ1) is 13.5. The number of carbonyl (C=O) groups excluding carboxylic acids is 1. The minimum atomic E-state index is 0.0357. The summed E-state index contributed by atoms with van der Waals surface area (Å²) in [7, 11) is 0. The van der Waals surface area contributed by atoms with E-state index in [1.165, 1.54) is 18.4 Å². The Morgan fingerprint density at radius 1 is 1.30 bits per heavy atom. The second kappa shape index (κ2) is 5.47. The van der Waals surface area contributed by atoms with E-state index in [1.54, 1.807) is 0 Å². The van der Waals surface area contributed by atoms with Crippen molar-refractivity contribution in [2.75, 3.05) is 18.4 Å². The normalized spacial score (nSPS) is 21.2. The topological polar surface area (TPSA) is 32.3 Å². The molecule has 1 atom stereocenters. The first-order chi connectivity index (χ1) is 9.66. The summed E-state index contributed by atoms with van der Waals surface area (Å²) in [5, 5.41) is 3.40. The highest BCUT2D eigenvalue weighted by Gasteiger charge is 2.34. The predicted molar refractivity (Wildman–Crippen MR) is 81.9 cm³/mol. The number of hydrogen-bond donors (Lipinski definition) is 1. The highest BCUT2D eigenvalue weighted by Crippen LogP contribution is 2.35. The second-order valence-corrected chi connectivity index (χ2v) is 6.38. The number of amides is 1. The maximum absolute atomic E-state index is 13.0. The van der Waals surface area contributed by atoms with Crippen LogP contribution in [-0.4, -0.2) is 29.9 Å². The molecule has 0 saturated heterocycles. The number of carbonyl (C=O) groups is 1. The van der Waals surface area contributed by atoms with Crippen LogP contribution in [0.3, 0.4) is 0 Å². The molecule has 3 heteroatoms. The van der Waals surface area contributed by atoms with Gasteiger partial charge in [0.15, 0.2) is 0 Å². The Morgan fingerprint density at radius 2 is 2.05 bits per heavy atom. The van der Waals surface area contributed by atoms with E-state index in [4.69, 9.17) is 0 Å². The van der Waals surface area contributed by atoms with Crippen molar-refractivity contribution in [1.29, 1.82) is 0 Å². The first-order valence-corrected chi connectivity index (χ1v) is 7.80. The smallest absolute Gasteiger partial charge is 0.230 e. The first-order valence-electron chi connectivity index (χ1n) is 7.80. The van der Waals surface area contributed by atoms with Crippen molar-refractivity contribution in [3.8, 4) is 0 Å². The maximum Gasteiger partial charge on any atom is 0.230 e. The van der Waals surface area contributed by atoms with Crippen LogP contribution in [0.25, 0.3) is 0 Å². The number of hydrogen-bond acceptors (Lipinski definition) is 2. The summed E-state index contributed by atoms with van der Waals surface area (Å²) < 4.78 is 0. The molecule has 2 aliphatic rings. The molecule has 0 radical (unpaired) electrons. The summed E-state index contributed by atoms with van der Waals surface area (Å²) >= 11 is 0. The summed E-state index contributed by atoms with van der Waals surface area (Å²) in [6.45, 7) is 6.10. The van der Waals surface area contributed by atoms with Gasteiger partial charge in [-0.1, -0.05) is 18.2 Å². The lowest BCUT2D eigenvalue weighted by Crippen LogP contribution is -2.42. The molecule has 1 unspecified atom stereocenters. The van der Waals surface area contributed by atoms with Gasteiger partial charge in [0.25, 0.3) is 0 Å². The molecule has 1 aromatic carbocycles. The molecule has 0 aromatic heterocycles. The van der Waals surface area contributed by atoms with E-state index in [0.29, 0.717) is 11.9 Å². The van der Waals surface area contributed by atoms with Crippen molar-refractivity contribution in [3.63, 3.8) is 0 Å². The van der Waals surface area contributed by atoms with Crippen LogP contribution in [0.4, 0.5) is 5.69 Å². The van der Waals surface area contributed by atoms with E-state index in [-0.39, 0.29) is 5.92 Å². The average Bonchev–Trinajstić information content (AvgIpc) is 3.27. The number of fused-ring (bicyclic) bond motifs is 1. The van der Waals surface area contributed by atoms with Gasteiger partial charge in [-0.25, -0.2) is 0 Å². The Morgan fingerprint density at radius 3 is 2.75 bits per heavy atom. The lowest BCUT2D eigenvalue weighted by Gasteiger charge is -2.33. The van der Waals surface area contributed by atoms with Crippen LogP contribution in [-0.2, 0) is 4.79 Å². The van der Waals surface area contributed by atoms with E-state index in [2.05, 4.69) is 36.2 Å². The Kier molecular flexibility index (Phi) is 3.68. The van der Waals surface area contributed by atoms with Crippen LogP contribution >= 0.6 is 0 Å². The van der Waals surface area contributed by atoms with E-state index in [9.17, 15) is 4.79 Å². The van der Waals surface area contributed by atoms with E-state index in [0.717, 1.165) is 31.1 Å². The molecule has 3 nitrogen and oxygen atoms in total. The highest BCUT2D eigenvalue weighted by atomic mass is 16.2. The van der Waals surface area contributed by atoms with Crippen molar-refractivity contribution in [3.05, 3.63) is 29.8 Å². The van der Waals surface area contributed by atoms with Gasteiger partial charge < -0.3 is 10.2 Å². The summed E-state index contributed by atoms with van der Waals surface area (Å²) in [5.41, 5.74) is 2.30. The van der Waals surface area contributed by atoms with Crippen LogP contribution in [0.1, 0.15) is 44.6 Å². The van der Waals surface area contributed by atoms with Gasteiger partial charge >= 0.3 is 0 Å². The van der Waals surface area contributed by atoms with Gasteiger partial charge in [0.05, 0.1) is 5.92 Å². The molecule has 1 amide bonds. The number of anilines is 1. The van der Waals surface area contributed by atoms with Gasteiger partial charge in [-0.2, -0.15) is 0 Å². The molecule has 1 aliphatic carbocycles. The largest absolute Gasteiger partial charge is 0.385 e. The van der Waals surface area contributed by atoms with Gasteiger partial charge in [0.2, 0.25) is 5.91 Å². The fourth-order valence-electron chi connectivity index (χ4n) is 3.06. The van der Waals surface area contributed by atoms with Crippen LogP contribution in [0.2, 0.25) is 0 Å². The molecule has 1 heterocycles. The Labute approximate surface area is 121 Å². The summed E-state index contributed by atoms with van der Waals surface area (Å²) in [5.74, 6) is 1.10. The number of nitrogens with one attached hydrogen (secondary N) is 1. The fraction of sp³-hybridized carbons (Fsp3) is 0.588. The van der Waals surface area contributed by atoms with Crippen molar-refractivity contribution >= 4 is 11.6 Å². The van der Waals surface area contributed by atoms with Crippen LogP contribution in [0.15, 0.2) is 24.3 Å². The lowest BCUT2D eigenvalue weighted by molar-refractivity contribution is -0.135. The van der Waals surface area contributed by atoms with Gasteiger partial charge in [-0.15, -0.1) is 0 Å². The zero-order valence-corrected chi connectivity index (χ0v) is 12.4. The molecule has 1 aromatic rings. The van der Waals surface area contributed by atoms with Crippen molar-refractivity contribution in [2.45, 2.75) is 45.1 Å². The Hall–Kier alpha value is -1.51. The minimum absolute atomic E-state index is 0.0357. The molecule has 1 saturated carbocycles. The minimum Gasteiger partial charge on any atom is -0.385 e.